The van der Waals surface area contributed by atoms with Crippen molar-refractivity contribution in [2.45, 2.75) is 33.6 Å². The Kier molecular flexibility index (Phi) is 4.08. The summed E-state index contributed by atoms with van der Waals surface area (Å²) in [4.78, 5) is 10.5. The van der Waals surface area contributed by atoms with Crippen molar-refractivity contribution in [1.82, 2.24) is 0 Å². The molecule has 0 spiro atoms. The van der Waals surface area contributed by atoms with Gasteiger partial charge in [0.2, 0.25) is 5.91 Å². The molecule has 2 N–H and O–H groups in total. The minimum Gasteiger partial charge on any atom is -0.370 e. The Balaban J connectivity index is 3.71. The van der Waals surface area contributed by atoms with Gasteiger partial charge in [-0.05, 0) is 11.8 Å². The Labute approximate surface area is 62.8 Å². The van der Waals surface area contributed by atoms with E-state index in [4.69, 9.17) is 5.73 Å². The fourth-order valence-corrected chi connectivity index (χ4v) is 1.11. The maximum absolute atomic E-state index is 10.5. The molecule has 0 aromatic carbocycles. The number of amides is 1. The highest BCUT2D eigenvalue weighted by molar-refractivity contribution is 5.73. The summed E-state index contributed by atoms with van der Waals surface area (Å²) in [6.45, 7) is 6.34. The van der Waals surface area contributed by atoms with Crippen LogP contribution in [0.2, 0.25) is 0 Å². The molecule has 0 aliphatic carbocycles. The van der Waals surface area contributed by atoms with Crippen LogP contribution in [-0.2, 0) is 4.79 Å². The van der Waals surface area contributed by atoms with Crippen molar-refractivity contribution < 1.29 is 4.79 Å². The zero-order chi connectivity index (χ0) is 8.15. The van der Waals surface area contributed by atoms with Gasteiger partial charge in [0.1, 0.15) is 0 Å². The number of carbonyl (C=O) groups is 1. The molecule has 0 radical (unpaired) electrons. The first-order valence-corrected chi connectivity index (χ1v) is 3.86. The van der Waals surface area contributed by atoms with Crippen LogP contribution in [0.25, 0.3) is 0 Å². The van der Waals surface area contributed by atoms with Crippen LogP contribution in [0.5, 0.6) is 0 Å². The van der Waals surface area contributed by atoms with Crippen molar-refractivity contribution in [1.29, 1.82) is 0 Å². The molecule has 0 aliphatic rings. The molecule has 1 amide bonds. The van der Waals surface area contributed by atoms with E-state index in [1.807, 2.05) is 0 Å². The summed E-state index contributed by atoms with van der Waals surface area (Å²) in [6, 6.07) is 0. The lowest BCUT2D eigenvalue weighted by molar-refractivity contribution is -0.119. The molecule has 0 aliphatic heterocycles. The third-order valence-electron chi connectivity index (χ3n) is 1.93. The summed E-state index contributed by atoms with van der Waals surface area (Å²) in [7, 11) is 0. The third kappa shape index (κ3) is 3.49. The molecule has 0 aromatic rings. The average Bonchev–Trinajstić information content (AvgIpc) is 1.81. The van der Waals surface area contributed by atoms with E-state index in [-0.39, 0.29) is 5.91 Å². The van der Waals surface area contributed by atoms with Crippen LogP contribution >= 0.6 is 0 Å². The Bertz CT molecular complexity index is 110. The number of rotatable bonds is 4. The number of hydrogen-bond acceptors (Lipinski definition) is 1. The van der Waals surface area contributed by atoms with Crippen molar-refractivity contribution in [3.63, 3.8) is 0 Å². The highest BCUT2D eigenvalue weighted by Gasteiger charge is 2.12. The van der Waals surface area contributed by atoms with Gasteiger partial charge in [-0.15, -0.1) is 0 Å². The van der Waals surface area contributed by atoms with Crippen LogP contribution in [0.1, 0.15) is 33.6 Å². The van der Waals surface area contributed by atoms with Crippen molar-refractivity contribution in [3.8, 4) is 0 Å². The smallest absolute Gasteiger partial charge is 0.217 e. The van der Waals surface area contributed by atoms with E-state index in [1.54, 1.807) is 0 Å². The highest BCUT2D eigenvalue weighted by Crippen LogP contribution is 2.17. The van der Waals surface area contributed by atoms with Gasteiger partial charge >= 0.3 is 0 Å². The normalized spacial score (nSPS) is 13.6. The number of primary amides is 1. The standard InChI is InChI=1S/C8H17NO/c1-4-7(6(2)3)5-8(9)10/h6-7H,4-5H2,1-3H3,(H2,9,10). The zero-order valence-electron chi connectivity index (χ0n) is 7.05. The van der Waals surface area contributed by atoms with Crippen LogP contribution in [0, 0.1) is 11.8 Å². The second-order valence-corrected chi connectivity index (χ2v) is 3.08. The third-order valence-corrected chi connectivity index (χ3v) is 1.93. The lowest BCUT2D eigenvalue weighted by Gasteiger charge is -2.16. The van der Waals surface area contributed by atoms with Crippen LogP contribution in [0.4, 0.5) is 0 Å². The molecular formula is C8H17NO. The minimum atomic E-state index is -0.180. The Hall–Kier alpha value is -0.530. The van der Waals surface area contributed by atoms with E-state index < -0.39 is 0 Å². The van der Waals surface area contributed by atoms with E-state index in [2.05, 4.69) is 20.8 Å². The Morgan fingerprint density at radius 2 is 2.00 bits per heavy atom. The topological polar surface area (TPSA) is 43.1 Å². The summed E-state index contributed by atoms with van der Waals surface area (Å²) in [6.07, 6.45) is 1.58. The van der Waals surface area contributed by atoms with E-state index in [1.165, 1.54) is 0 Å². The quantitative estimate of drug-likeness (QED) is 0.637. The Morgan fingerprint density at radius 1 is 1.50 bits per heavy atom. The van der Waals surface area contributed by atoms with E-state index in [0.717, 1.165) is 6.42 Å². The molecule has 0 heterocycles. The fraction of sp³-hybridized carbons (Fsp3) is 0.875. The molecule has 2 heteroatoms. The molecule has 0 saturated carbocycles. The summed E-state index contributed by atoms with van der Waals surface area (Å²) < 4.78 is 0. The molecule has 0 saturated heterocycles. The Morgan fingerprint density at radius 3 is 2.10 bits per heavy atom. The predicted molar refractivity (Wildman–Crippen MR) is 42.4 cm³/mol. The van der Waals surface area contributed by atoms with Gasteiger partial charge < -0.3 is 5.73 Å². The number of hydrogen-bond donors (Lipinski definition) is 1. The van der Waals surface area contributed by atoms with Gasteiger partial charge in [-0.25, -0.2) is 0 Å². The fourth-order valence-electron chi connectivity index (χ4n) is 1.11. The van der Waals surface area contributed by atoms with Crippen molar-refractivity contribution in [2.75, 3.05) is 0 Å². The molecule has 1 unspecified atom stereocenters. The van der Waals surface area contributed by atoms with Crippen molar-refractivity contribution in [2.24, 2.45) is 17.6 Å². The second-order valence-electron chi connectivity index (χ2n) is 3.08. The first kappa shape index (κ1) is 9.47. The van der Waals surface area contributed by atoms with Gasteiger partial charge in [-0.3, -0.25) is 4.79 Å². The molecule has 0 aromatic heterocycles. The van der Waals surface area contributed by atoms with E-state index >= 15 is 0 Å². The van der Waals surface area contributed by atoms with Crippen LogP contribution < -0.4 is 5.73 Å². The molecule has 60 valence electrons. The first-order valence-electron chi connectivity index (χ1n) is 3.86. The largest absolute Gasteiger partial charge is 0.370 e. The molecule has 0 rings (SSSR count). The van der Waals surface area contributed by atoms with Gasteiger partial charge in [0, 0.05) is 6.42 Å². The number of carbonyl (C=O) groups excluding carboxylic acids is 1. The maximum atomic E-state index is 10.5. The van der Waals surface area contributed by atoms with Crippen LogP contribution in [-0.4, -0.2) is 5.91 Å². The predicted octanol–water partition coefficient (Wildman–Crippen LogP) is 1.54. The lowest BCUT2D eigenvalue weighted by atomic mass is 9.90. The van der Waals surface area contributed by atoms with Crippen molar-refractivity contribution in [3.05, 3.63) is 0 Å². The summed E-state index contributed by atoms with van der Waals surface area (Å²) in [5, 5.41) is 0. The van der Waals surface area contributed by atoms with E-state index in [0.29, 0.717) is 18.3 Å². The van der Waals surface area contributed by atoms with Gasteiger partial charge in [0.15, 0.2) is 0 Å². The van der Waals surface area contributed by atoms with Gasteiger partial charge in [-0.2, -0.15) is 0 Å². The van der Waals surface area contributed by atoms with Crippen LogP contribution in [0.3, 0.4) is 0 Å². The summed E-state index contributed by atoms with van der Waals surface area (Å²) >= 11 is 0. The molecule has 2 nitrogen and oxygen atoms in total. The summed E-state index contributed by atoms with van der Waals surface area (Å²) in [5.41, 5.74) is 5.07. The molecule has 10 heavy (non-hydrogen) atoms. The molecule has 1 atom stereocenters. The highest BCUT2D eigenvalue weighted by atomic mass is 16.1. The van der Waals surface area contributed by atoms with Crippen molar-refractivity contribution >= 4 is 5.91 Å². The lowest BCUT2D eigenvalue weighted by Crippen LogP contribution is -2.19. The SMILES string of the molecule is CCC(CC(N)=O)C(C)C. The van der Waals surface area contributed by atoms with Gasteiger partial charge in [0.05, 0.1) is 0 Å². The molecular weight excluding hydrogens is 126 g/mol. The number of nitrogens with two attached hydrogens (primary N) is 1. The maximum Gasteiger partial charge on any atom is 0.217 e. The average molecular weight is 143 g/mol. The van der Waals surface area contributed by atoms with Gasteiger partial charge in [0.25, 0.3) is 0 Å². The second kappa shape index (κ2) is 4.31. The first-order chi connectivity index (χ1) is 4.57. The molecule has 0 fully saturated rings. The molecule has 0 bridgehead atoms. The zero-order valence-corrected chi connectivity index (χ0v) is 7.05. The monoisotopic (exact) mass is 143 g/mol. The van der Waals surface area contributed by atoms with Crippen LogP contribution in [0.15, 0.2) is 0 Å². The minimum absolute atomic E-state index is 0.180. The van der Waals surface area contributed by atoms with Gasteiger partial charge in [-0.1, -0.05) is 27.2 Å². The summed E-state index contributed by atoms with van der Waals surface area (Å²) in [5.74, 6) is 0.857. The van der Waals surface area contributed by atoms with E-state index in [9.17, 15) is 4.79 Å².